The number of phenolic OH excluding ortho intramolecular Hbond substituents is 1. The fourth-order valence-corrected chi connectivity index (χ4v) is 2.32. The molecule has 0 atom stereocenters. The minimum atomic E-state index is -0.590. The monoisotopic (exact) mass is 409 g/mol. The number of carbonyl (C=O) groups is 2. The quantitative estimate of drug-likeness (QED) is 0.369. The van der Waals surface area contributed by atoms with E-state index >= 15 is 0 Å². The highest BCUT2D eigenvalue weighted by Gasteiger charge is 2.10. The van der Waals surface area contributed by atoms with E-state index in [1.165, 1.54) is 24.4 Å². The molecule has 0 saturated carbocycles. The summed E-state index contributed by atoms with van der Waals surface area (Å²) in [6.07, 6.45) is 0.952. The van der Waals surface area contributed by atoms with E-state index in [0.29, 0.717) is 33.7 Å². The molecule has 3 N–H and O–H groups in total. The molecule has 0 unspecified atom stereocenters. The summed E-state index contributed by atoms with van der Waals surface area (Å²) in [7, 11) is 0. The maximum Gasteiger partial charge on any atom is 0.249 e. The molecule has 0 fully saturated rings. The lowest BCUT2D eigenvalue weighted by atomic mass is 10.2. The number of halogens is 2. The third kappa shape index (κ3) is 6.47. The van der Waals surface area contributed by atoms with Crippen molar-refractivity contribution in [2.75, 3.05) is 11.9 Å². The number of anilines is 1. The maximum absolute atomic E-state index is 11.9. The normalized spacial score (nSPS) is 10.6. The Balaban J connectivity index is 1.86. The average molecular weight is 410 g/mol. The molecule has 0 saturated heterocycles. The van der Waals surface area contributed by atoms with Gasteiger partial charge in [0.2, 0.25) is 11.8 Å². The number of carbonyl (C=O) groups excluding carboxylic acids is 2. The Hall–Kier alpha value is -2.77. The van der Waals surface area contributed by atoms with Crippen LogP contribution in [0.4, 0.5) is 5.69 Å². The SMILES string of the molecule is CCOc1cc(C=NNC(=O)CC(=O)Nc2ccc(Cl)c(Cl)c2)ccc1O. The fourth-order valence-electron chi connectivity index (χ4n) is 2.03. The summed E-state index contributed by atoms with van der Waals surface area (Å²) < 4.78 is 5.26. The molecule has 0 spiro atoms. The van der Waals surface area contributed by atoms with Crippen molar-refractivity contribution in [3.63, 3.8) is 0 Å². The molecule has 7 nitrogen and oxygen atoms in total. The number of phenols is 1. The van der Waals surface area contributed by atoms with Gasteiger partial charge in [-0.15, -0.1) is 0 Å². The molecule has 9 heteroatoms. The number of nitrogens with zero attached hydrogens (tertiary/aromatic N) is 1. The summed E-state index contributed by atoms with van der Waals surface area (Å²) in [6, 6.07) is 9.23. The molecule has 2 aromatic carbocycles. The van der Waals surface area contributed by atoms with Gasteiger partial charge in [-0.05, 0) is 48.9 Å². The number of benzene rings is 2. The van der Waals surface area contributed by atoms with Gasteiger partial charge in [0, 0.05) is 5.69 Å². The number of rotatable bonds is 7. The lowest BCUT2D eigenvalue weighted by Gasteiger charge is -2.06. The van der Waals surface area contributed by atoms with Crippen LogP contribution in [0, 0.1) is 0 Å². The Kier molecular flexibility index (Phi) is 7.45. The molecule has 0 aliphatic heterocycles. The summed E-state index contributed by atoms with van der Waals surface area (Å²) in [6.45, 7) is 2.20. The first-order chi connectivity index (χ1) is 12.9. The van der Waals surface area contributed by atoms with Gasteiger partial charge in [-0.1, -0.05) is 23.2 Å². The summed E-state index contributed by atoms with van der Waals surface area (Å²) >= 11 is 11.7. The lowest BCUT2D eigenvalue weighted by Crippen LogP contribution is -2.24. The molecule has 0 heterocycles. The van der Waals surface area contributed by atoms with Gasteiger partial charge in [-0.2, -0.15) is 5.10 Å². The third-order valence-corrected chi connectivity index (χ3v) is 3.95. The molecule has 0 radical (unpaired) electrons. The van der Waals surface area contributed by atoms with Gasteiger partial charge in [0.25, 0.3) is 0 Å². The van der Waals surface area contributed by atoms with Gasteiger partial charge in [0.05, 0.1) is 22.9 Å². The largest absolute Gasteiger partial charge is 0.504 e. The predicted molar refractivity (Wildman–Crippen MR) is 105 cm³/mol. The Bertz CT molecular complexity index is 872. The maximum atomic E-state index is 11.9. The zero-order chi connectivity index (χ0) is 19.8. The van der Waals surface area contributed by atoms with Crippen molar-refractivity contribution in [3.05, 3.63) is 52.0 Å². The van der Waals surface area contributed by atoms with Crippen molar-refractivity contribution in [1.29, 1.82) is 0 Å². The highest BCUT2D eigenvalue weighted by atomic mass is 35.5. The molecule has 0 bridgehead atoms. The minimum absolute atomic E-state index is 0.0111. The van der Waals surface area contributed by atoms with E-state index in [2.05, 4.69) is 15.8 Å². The second kappa shape index (κ2) is 9.80. The van der Waals surface area contributed by atoms with E-state index in [9.17, 15) is 14.7 Å². The number of amides is 2. The van der Waals surface area contributed by atoms with Gasteiger partial charge in [-0.25, -0.2) is 5.43 Å². The van der Waals surface area contributed by atoms with Crippen LogP contribution in [0.25, 0.3) is 0 Å². The highest BCUT2D eigenvalue weighted by molar-refractivity contribution is 6.42. The Morgan fingerprint density at radius 3 is 2.63 bits per heavy atom. The van der Waals surface area contributed by atoms with Crippen LogP contribution in [-0.2, 0) is 9.59 Å². The molecular weight excluding hydrogens is 393 g/mol. The van der Waals surface area contributed by atoms with Gasteiger partial charge in [-0.3, -0.25) is 9.59 Å². The first kappa shape index (κ1) is 20.5. The van der Waals surface area contributed by atoms with Crippen LogP contribution < -0.4 is 15.5 Å². The number of aromatic hydroxyl groups is 1. The zero-order valence-corrected chi connectivity index (χ0v) is 15.8. The van der Waals surface area contributed by atoms with Crippen LogP contribution in [0.15, 0.2) is 41.5 Å². The molecule has 2 amide bonds. The van der Waals surface area contributed by atoms with E-state index in [4.69, 9.17) is 27.9 Å². The van der Waals surface area contributed by atoms with Gasteiger partial charge in [0.1, 0.15) is 6.42 Å². The summed E-state index contributed by atoms with van der Waals surface area (Å²) in [5.74, 6) is -0.789. The topological polar surface area (TPSA) is 100 Å². The van der Waals surface area contributed by atoms with E-state index < -0.39 is 18.2 Å². The van der Waals surface area contributed by atoms with E-state index in [-0.39, 0.29) is 5.75 Å². The van der Waals surface area contributed by atoms with Crippen LogP contribution in [0.1, 0.15) is 18.9 Å². The standard InChI is InChI=1S/C18H17Cl2N3O4/c1-2-27-16-7-11(3-6-15(16)24)10-21-23-18(26)9-17(25)22-12-4-5-13(19)14(20)8-12/h3-8,10,24H,2,9H2,1H3,(H,22,25)(H,23,26). The Morgan fingerprint density at radius 1 is 1.15 bits per heavy atom. The van der Waals surface area contributed by atoms with E-state index in [1.54, 1.807) is 25.1 Å². The van der Waals surface area contributed by atoms with Crippen molar-refractivity contribution in [1.82, 2.24) is 5.43 Å². The zero-order valence-electron chi connectivity index (χ0n) is 14.3. The van der Waals surface area contributed by atoms with Crippen LogP contribution in [0.3, 0.4) is 0 Å². The molecule has 2 aromatic rings. The molecule has 27 heavy (non-hydrogen) atoms. The molecule has 0 aromatic heterocycles. The van der Waals surface area contributed by atoms with Gasteiger partial charge in [0.15, 0.2) is 11.5 Å². The van der Waals surface area contributed by atoms with Crippen LogP contribution in [-0.4, -0.2) is 29.7 Å². The molecule has 2 rings (SSSR count). The van der Waals surface area contributed by atoms with Crippen molar-refractivity contribution in [2.45, 2.75) is 13.3 Å². The van der Waals surface area contributed by atoms with Gasteiger partial charge >= 0.3 is 0 Å². The number of hydrazone groups is 1. The summed E-state index contributed by atoms with van der Waals surface area (Å²) in [5.41, 5.74) is 3.29. The first-order valence-electron chi connectivity index (χ1n) is 7.91. The highest BCUT2D eigenvalue weighted by Crippen LogP contribution is 2.26. The average Bonchev–Trinajstić information content (AvgIpc) is 2.61. The lowest BCUT2D eigenvalue weighted by molar-refractivity contribution is -0.126. The van der Waals surface area contributed by atoms with Crippen molar-refractivity contribution in [2.24, 2.45) is 5.10 Å². The van der Waals surface area contributed by atoms with E-state index in [1.807, 2.05) is 0 Å². The Morgan fingerprint density at radius 2 is 1.93 bits per heavy atom. The van der Waals surface area contributed by atoms with Crippen LogP contribution in [0.2, 0.25) is 10.0 Å². The summed E-state index contributed by atoms with van der Waals surface area (Å²) in [5, 5.41) is 16.6. The number of hydrogen-bond acceptors (Lipinski definition) is 5. The van der Waals surface area contributed by atoms with Gasteiger partial charge < -0.3 is 15.2 Å². The summed E-state index contributed by atoms with van der Waals surface area (Å²) in [4.78, 5) is 23.6. The fraction of sp³-hybridized carbons (Fsp3) is 0.167. The van der Waals surface area contributed by atoms with Crippen molar-refractivity contribution >= 4 is 46.9 Å². The minimum Gasteiger partial charge on any atom is -0.504 e. The van der Waals surface area contributed by atoms with Crippen LogP contribution in [0.5, 0.6) is 11.5 Å². The van der Waals surface area contributed by atoms with Crippen molar-refractivity contribution in [3.8, 4) is 11.5 Å². The number of ether oxygens (including phenoxy) is 1. The Labute approximate surface area is 165 Å². The smallest absolute Gasteiger partial charge is 0.249 e. The molecule has 0 aliphatic carbocycles. The first-order valence-corrected chi connectivity index (χ1v) is 8.67. The van der Waals surface area contributed by atoms with E-state index in [0.717, 1.165) is 0 Å². The van der Waals surface area contributed by atoms with Crippen LogP contribution >= 0.6 is 23.2 Å². The third-order valence-electron chi connectivity index (χ3n) is 3.21. The predicted octanol–water partition coefficient (Wildman–Crippen LogP) is 3.58. The second-order valence-electron chi connectivity index (χ2n) is 5.31. The number of hydrogen-bond donors (Lipinski definition) is 3. The second-order valence-corrected chi connectivity index (χ2v) is 6.12. The van der Waals surface area contributed by atoms with Crippen molar-refractivity contribution < 1.29 is 19.4 Å². The number of nitrogens with one attached hydrogen (secondary N) is 2. The molecular formula is C18H17Cl2N3O4. The molecule has 142 valence electrons. The molecule has 0 aliphatic rings.